The molecule has 0 radical (unpaired) electrons. The average Bonchev–Trinajstić information content (AvgIpc) is 3.32. The molecule has 0 heterocycles. The summed E-state index contributed by atoms with van der Waals surface area (Å²) in [5.74, 6) is 2.77. The quantitative estimate of drug-likeness (QED) is 0.0516. The molecule has 0 saturated carbocycles. The number of hydrogen-bond donors (Lipinski definition) is 0. The van der Waals surface area contributed by atoms with Crippen LogP contribution in [0.15, 0.2) is 146 Å². The third kappa shape index (κ3) is 9.77. The van der Waals surface area contributed by atoms with Crippen LogP contribution in [0.3, 0.4) is 0 Å². The fourth-order valence-corrected chi connectivity index (χ4v) is 9.31. The highest BCUT2D eigenvalue weighted by atomic mass is 16.7. The summed E-state index contributed by atoms with van der Waals surface area (Å²) >= 11 is 0. The van der Waals surface area contributed by atoms with E-state index < -0.39 is 12.3 Å². The summed E-state index contributed by atoms with van der Waals surface area (Å²) < 4.78 is 24.0. The first-order chi connectivity index (χ1) is 31.4. The van der Waals surface area contributed by atoms with Crippen LogP contribution in [0.2, 0.25) is 0 Å². The zero-order valence-corrected chi connectivity index (χ0v) is 37.5. The number of para-hydroxylation sites is 2. The molecule has 0 amide bonds. The highest BCUT2D eigenvalue weighted by Crippen LogP contribution is 2.50. The van der Waals surface area contributed by atoms with Gasteiger partial charge in [-0.1, -0.05) is 200 Å². The van der Waals surface area contributed by atoms with Crippen molar-refractivity contribution < 1.29 is 28.5 Å². The van der Waals surface area contributed by atoms with Crippen LogP contribution < -0.4 is 18.9 Å². The van der Waals surface area contributed by atoms with Crippen molar-refractivity contribution in [2.45, 2.75) is 91.9 Å². The summed E-state index contributed by atoms with van der Waals surface area (Å²) in [5, 5.41) is 6.95. The van der Waals surface area contributed by atoms with E-state index >= 15 is 0 Å². The number of benzene rings is 8. The first-order valence-corrected chi connectivity index (χ1v) is 23.2. The summed E-state index contributed by atoms with van der Waals surface area (Å²) in [6.45, 7) is 9.07. The molecule has 0 saturated heterocycles. The van der Waals surface area contributed by atoms with Gasteiger partial charge in [0.1, 0.15) is 23.0 Å². The number of rotatable bonds is 17. The second-order valence-electron chi connectivity index (χ2n) is 17.0. The Bertz CT molecular complexity index is 2690. The Morgan fingerprint density at radius 1 is 0.406 bits per heavy atom. The van der Waals surface area contributed by atoms with Gasteiger partial charge >= 0.3 is 12.3 Å². The lowest BCUT2D eigenvalue weighted by Gasteiger charge is -2.23. The Morgan fingerprint density at radius 2 is 0.766 bits per heavy atom. The van der Waals surface area contributed by atoms with Crippen LogP contribution in [0.4, 0.5) is 9.59 Å². The van der Waals surface area contributed by atoms with Crippen LogP contribution in [0.1, 0.15) is 90.2 Å². The Labute approximate surface area is 377 Å². The molecule has 0 aliphatic carbocycles. The van der Waals surface area contributed by atoms with E-state index in [1.807, 2.05) is 72.8 Å². The molecule has 2 atom stereocenters. The van der Waals surface area contributed by atoms with Crippen molar-refractivity contribution >= 4 is 55.4 Å². The maximum Gasteiger partial charge on any atom is 0.519 e. The fourth-order valence-electron chi connectivity index (χ4n) is 9.31. The van der Waals surface area contributed by atoms with Crippen molar-refractivity contribution in [1.82, 2.24) is 0 Å². The van der Waals surface area contributed by atoms with Gasteiger partial charge in [-0.05, 0) is 92.7 Å². The number of carbonyl (C=O) groups excluding carboxylic acids is 2. The highest BCUT2D eigenvalue weighted by Gasteiger charge is 2.26. The first-order valence-electron chi connectivity index (χ1n) is 23.2. The molecule has 2 unspecified atom stereocenters. The lowest BCUT2D eigenvalue weighted by Crippen LogP contribution is -2.14. The number of carbonyl (C=O) groups is 2. The van der Waals surface area contributed by atoms with Gasteiger partial charge in [0.2, 0.25) is 0 Å². The Morgan fingerprint density at radius 3 is 1.14 bits per heavy atom. The lowest BCUT2D eigenvalue weighted by molar-refractivity contribution is 0.152. The standard InChI is InChI=1S/C58H58O6/c1-5-9-21-39(7-3)35-41-31-33-49-51(37-41)53(45-27-17-19-29-47(45)55(49)63-57(59)61-43-23-13-11-14-24-43)54-46-28-18-20-30-48(46)56(64-58(60)62-44-25-15-12-16-26-44)50-34-32-42(38-52(50)54)36-40(8-4)22-10-6-2/h11-20,23-34,37-40H,5-10,21-22,35-36H2,1-4H3. The molecule has 0 fully saturated rings. The topological polar surface area (TPSA) is 71.1 Å². The molecule has 6 nitrogen and oxygen atoms in total. The van der Waals surface area contributed by atoms with Crippen molar-refractivity contribution in [1.29, 1.82) is 0 Å². The molecular weight excluding hydrogens is 793 g/mol. The molecule has 6 heteroatoms. The highest BCUT2D eigenvalue weighted by molar-refractivity contribution is 6.27. The van der Waals surface area contributed by atoms with E-state index in [-0.39, 0.29) is 0 Å². The second kappa shape index (κ2) is 20.7. The monoisotopic (exact) mass is 850 g/mol. The number of hydrogen-bond acceptors (Lipinski definition) is 6. The number of fused-ring (bicyclic) bond motifs is 4. The van der Waals surface area contributed by atoms with Crippen LogP contribution in [0, 0.1) is 11.8 Å². The summed E-state index contributed by atoms with van der Waals surface area (Å²) in [7, 11) is 0. The van der Waals surface area contributed by atoms with Gasteiger partial charge in [-0.15, -0.1) is 0 Å². The minimum atomic E-state index is -0.807. The molecule has 326 valence electrons. The van der Waals surface area contributed by atoms with Gasteiger partial charge in [0.15, 0.2) is 0 Å². The predicted octanol–water partition coefficient (Wildman–Crippen LogP) is 16.6. The van der Waals surface area contributed by atoms with Crippen LogP contribution in [-0.2, 0) is 12.8 Å². The van der Waals surface area contributed by atoms with E-state index in [9.17, 15) is 9.59 Å². The Kier molecular flexibility index (Phi) is 14.2. The average molecular weight is 851 g/mol. The minimum absolute atomic E-state index is 0.404. The smallest absolute Gasteiger partial charge is 0.395 e. The van der Waals surface area contributed by atoms with Gasteiger partial charge in [-0.3, -0.25) is 0 Å². The van der Waals surface area contributed by atoms with Gasteiger partial charge in [-0.25, -0.2) is 9.59 Å². The van der Waals surface area contributed by atoms with Gasteiger partial charge in [-0.2, -0.15) is 0 Å². The third-order valence-corrected chi connectivity index (χ3v) is 12.7. The summed E-state index contributed by atoms with van der Waals surface area (Å²) in [6.07, 6.45) is 9.46. The van der Waals surface area contributed by atoms with Crippen molar-refractivity contribution in [3.63, 3.8) is 0 Å². The molecule has 64 heavy (non-hydrogen) atoms. The van der Waals surface area contributed by atoms with Crippen molar-refractivity contribution in [3.8, 4) is 34.1 Å². The molecule has 0 N–H and O–H groups in total. The predicted molar refractivity (Wildman–Crippen MR) is 262 cm³/mol. The summed E-state index contributed by atoms with van der Waals surface area (Å²) in [6, 6.07) is 47.5. The van der Waals surface area contributed by atoms with Crippen LogP contribution in [-0.4, -0.2) is 12.3 Å². The zero-order chi connectivity index (χ0) is 44.4. The largest absolute Gasteiger partial charge is 0.519 e. The molecule has 0 bridgehead atoms. The zero-order valence-electron chi connectivity index (χ0n) is 37.5. The molecule has 8 rings (SSSR count). The number of unbranched alkanes of at least 4 members (excludes halogenated alkanes) is 2. The normalized spacial score (nSPS) is 12.4. The molecule has 0 aliphatic rings. The summed E-state index contributed by atoms with van der Waals surface area (Å²) in [4.78, 5) is 27.4. The molecule has 0 aromatic heterocycles. The Balaban J connectivity index is 1.41. The molecule has 0 spiro atoms. The third-order valence-electron chi connectivity index (χ3n) is 12.7. The lowest BCUT2D eigenvalue weighted by atomic mass is 9.83. The first kappa shape index (κ1) is 44.0. The van der Waals surface area contributed by atoms with Crippen LogP contribution in [0.25, 0.3) is 54.2 Å². The van der Waals surface area contributed by atoms with Gasteiger partial charge < -0.3 is 18.9 Å². The maximum absolute atomic E-state index is 13.7. The van der Waals surface area contributed by atoms with Gasteiger partial charge in [0.05, 0.1) is 0 Å². The van der Waals surface area contributed by atoms with Gasteiger partial charge in [0, 0.05) is 21.5 Å². The molecule has 8 aromatic carbocycles. The van der Waals surface area contributed by atoms with Gasteiger partial charge in [0.25, 0.3) is 0 Å². The van der Waals surface area contributed by atoms with E-state index in [1.54, 1.807) is 24.3 Å². The minimum Gasteiger partial charge on any atom is -0.395 e. The Hall–Kier alpha value is -6.66. The molecular formula is C58H58O6. The molecule has 0 aliphatic heterocycles. The maximum atomic E-state index is 13.7. The fraction of sp³-hybridized carbons (Fsp3) is 0.276. The SMILES string of the molecule is CCCCC(CC)Cc1ccc2c(OC(=O)Oc3ccccc3)c3ccccc3c(-c3c4ccccc4c(OC(=O)Oc4ccccc4)c4ccc(CC(CC)CCCC)cc34)c2c1. The van der Waals surface area contributed by atoms with E-state index in [4.69, 9.17) is 18.9 Å². The van der Waals surface area contributed by atoms with Crippen molar-refractivity contribution in [2.75, 3.05) is 0 Å². The van der Waals surface area contributed by atoms with Crippen LogP contribution in [0.5, 0.6) is 23.0 Å². The second-order valence-corrected chi connectivity index (χ2v) is 17.0. The van der Waals surface area contributed by atoms with E-state index in [0.717, 1.165) is 92.7 Å². The molecule has 8 aromatic rings. The van der Waals surface area contributed by atoms with E-state index in [1.165, 1.54) is 36.8 Å². The summed E-state index contributed by atoms with van der Waals surface area (Å²) in [5.41, 5.74) is 4.49. The van der Waals surface area contributed by atoms with E-state index in [2.05, 4.69) is 76.2 Å². The van der Waals surface area contributed by atoms with E-state index in [0.29, 0.717) is 34.8 Å². The number of ether oxygens (including phenoxy) is 4. The van der Waals surface area contributed by atoms with Crippen LogP contribution >= 0.6 is 0 Å². The van der Waals surface area contributed by atoms with Crippen molar-refractivity contribution in [2.24, 2.45) is 11.8 Å². The van der Waals surface area contributed by atoms with Crippen molar-refractivity contribution in [3.05, 3.63) is 157 Å².